The van der Waals surface area contributed by atoms with Gasteiger partial charge in [0.15, 0.2) is 0 Å². The van der Waals surface area contributed by atoms with E-state index >= 15 is 0 Å². The number of carboxylic acids is 1. The molecule has 0 spiro atoms. The van der Waals surface area contributed by atoms with Crippen LogP contribution in [-0.2, 0) is 16.1 Å². The number of hydrogen-bond acceptors (Lipinski definition) is 3. The molecular weight excluding hydrogens is 234 g/mol. The highest BCUT2D eigenvalue weighted by Gasteiger charge is 2.42. The summed E-state index contributed by atoms with van der Waals surface area (Å²) in [5, 5.41) is 12.0. The average Bonchev–Trinajstić information content (AvgIpc) is 2.97. The fourth-order valence-electron chi connectivity index (χ4n) is 2.49. The van der Waals surface area contributed by atoms with Crippen molar-refractivity contribution in [1.29, 1.82) is 0 Å². The van der Waals surface area contributed by atoms with E-state index in [4.69, 9.17) is 4.42 Å². The van der Waals surface area contributed by atoms with Gasteiger partial charge >= 0.3 is 5.97 Å². The van der Waals surface area contributed by atoms with Crippen LogP contribution in [0.25, 0.3) is 0 Å². The summed E-state index contributed by atoms with van der Waals surface area (Å²) in [4.78, 5) is 23.1. The molecule has 0 aromatic carbocycles. The van der Waals surface area contributed by atoms with Crippen LogP contribution in [0.1, 0.15) is 37.9 Å². The standard InChI is InChI=1S/C13H17NO4/c15-11(14-9-10-4-3-7-18-10)8-13(12(16)17)5-1-2-6-13/h3-4,7H,1-2,5-6,8-9H2,(H,14,15)(H,16,17). The van der Waals surface area contributed by atoms with E-state index in [-0.39, 0.29) is 12.3 Å². The number of carboxylic acid groups (broad SMARTS) is 1. The predicted molar refractivity (Wildman–Crippen MR) is 63.7 cm³/mol. The molecule has 2 rings (SSSR count). The molecule has 1 aromatic rings. The van der Waals surface area contributed by atoms with Gasteiger partial charge in [0.05, 0.1) is 18.2 Å². The Morgan fingerprint density at radius 1 is 1.39 bits per heavy atom. The van der Waals surface area contributed by atoms with Crippen LogP contribution in [0.3, 0.4) is 0 Å². The second-order valence-electron chi connectivity index (χ2n) is 4.83. The van der Waals surface area contributed by atoms with Gasteiger partial charge in [0.2, 0.25) is 5.91 Å². The third-order valence-corrected chi connectivity index (χ3v) is 3.55. The summed E-state index contributed by atoms with van der Waals surface area (Å²) in [6.45, 7) is 0.307. The summed E-state index contributed by atoms with van der Waals surface area (Å²) in [5.74, 6) is -0.414. The molecule has 5 nitrogen and oxygen atoms in total. The molecule has 98 valence electrons. The number of hydrogen-bond donors (Lipinski definition) is 2. The highest BCUT2D eigenvalue weighted by atomic mass is 16.4. The Hall–Kier alpha value is -1.78. The van der Waals surface area contributed by atoms with Crippen LogP contribution in [-0.4, -0.2) is 17.0 Å². The van der Waals surface area contributed by atoms with E-state index in [2.05, 4.69) is 5.32 Å². The van der Waals surface area contributed by atoms with Crippen LogP contribution in [0.4, 0.5) is 0 Å². The summed E-state index contributed by atoms with van der Waals surface area (Å²) in [6, 6.07) is 3.51. The number of nitrogens with one attached hydrogen (secondary N) is 1. The molecule has 18 heavy (non-hydrogen) atoms. The van der Waals surface area contributed by atoms with Crippen LogP contribution >= 0.6 is 0 Å². The van der Waals surface area contributed by atoms with Gasteiger partial charge in [0, 0.05) is 6.42 Å². The van der Waals surface area contributed by atoms with E-state index in [1.54, 1.807) is 12.1 Å². The van der Waals surface area contributed by atoms with Gasteiger partial charge in [0.1, 0.15) is 5.76 Å². The van der Waals surface area contributed by atoms with Gasteiger partial charge in [-0.2, -0.15) is 0 Å². The maximum absolute atomic E-state index is 11.8. The van der Waals surface area contributed by atoms with Gasteiger partial charge in [-0.1, -0.05) is 12.8 Å². The van der Waals surface area contributed by atoms with Crippen molar-refractivity contribution in [1.82, 2.24) is 5.32 Å². The monoisotopic (exact) mass is 251 g/mol. The topological polar surface area (TPSA) is 79.5 Å². The SMILES string of the molecule is O=C(CC1(C(=O)O)CCCC1)NCc1ccco1. The predicted octanol–water partition coefficient (Wildman–Crippen LogP) is 1.93. The molecule has 1 aliphatic rings. The number of carbonyl (C=O) groups is 2. The average molecular weight is 251 g/mol. The number of furan rings is 1. The largest absolute Gasteiger partial charge is 0.481 e. The molecule has 2 N–H and O–H groups in total. The van der Waals surface area contributed by atoms with Gasteiger partial charge < -0.3 is 14.8 Å². The number of amides is 1. The summed E-state index contributed by atoms with van der Waals surface area (Å²) in [6.07, 6.45) is 4.56. The molecule has 1 fully saturated rings. The van der Waals surface area contributed by atoms with E-state index in [1.165, 1.54) is 6.26 Å². The summed E-state index contributed by atoms with van der Waals surface area (Å²) < 4.78 is 5.10. The van der Waals surface area contributed by atoms with Crippen LogP contribution in [0.5, 0.6) is 0 Å². The minimum Gasteiger partial charge on any atom is -0.481 e. The highest BCUT2D eigenvalue weighted by molar-refractivity contribution is 5.85. The third kappa shape index (κ3) is 2.72. The summed E-state index contributed by atoms with van der Waals surface area (Å²) in [5.41, 5.74) is -0.854. The van der Waals surface area contributed by atoms with Crippen LogP contribution < -0.4 is 5.32 Å². The Balaban J connectivity index is 1.88. The smallest absolute Gasteiger partial charge is 0.310 e. The van der Waals surface area contributed by atoms with Crippen molar-refractivity contribution in [2.45, 2.75) is 38.6 Å². The molecule has 0 atom stereocenters. The summed E-state index contributed by atoms with van der Waals surface area (Å²) in [7, 11) is 0. The molecule has 0 radical (unpaired) electrons. The fraction of sp³-hybridized carbons (Fsp3) is 0.538. The zero-order chi connectivity index (χ0) is 13.0. The first kappa shape index (κ1) is 12.7. The quantitative estimate of drug-likeness (QED) is 0.838. The maximum atomic E-state index is 11.8. The number of aliphatic carboxylic acids is 1. The first-order valence-corrected chi connectivity index (χ1v) is 6.15. The van der Waals surface area contributed by atoms with Crippen molar-refractivity contribution < 1.29 is 19.1 Å². The third-order valence-electron chi connectivity index (χ3n) is 3.55. The van der Waals surface area contributed by atoms with Gasteiger partial charge in [-0.05, 0) is 25.0 Å². The Morgan fingerprint density at radius 2 is 2.11 bits per heavy atom. The molecule has 1 heterocycles. The first-order valence-electron chi connectivity index (χ1n) is 6.15. The van der Waals surface area contributed by atoms with Crippen LogP contribution in [0.15, 0.2) is 22.8 Å². The maximum Gasteiger partial charge on any atom is 0.310 e. The lowest BCUT2D eigenvalue weighted by Crippen LogP contribution is -2.35. The van der Waals surface area contributed by atoms with Crippen molar-refractivity contribution in [3.63, 3.8) is 0 Å². The summed E-state index contributed by atoms with van der Waals surface area (Å²) >= 11 is 0. The first-order chi connectivity index (χ1) is 8.62. The van der Waals surface area contributed by atoms with Gasteiger partial charge in [-0.3, -0.25) is 9.59 Å². The van der Waals surface area contributed by atoms with E-state index in [9.17, 15) is 14.7 Å². The highest BCUT2D eigenvalue weighted by Crippen LogP contribution is 2.41. The van der Waals surface area contributed by atoms with E-state index in [1.807, 2.05) is 0 Å². The zero-order valence-electron chi connectivity index (χ0n) is 10.1. The van der Waals surface area contributed by atoms with Gasteiger partial charge in [-0.15, -0.1) is 0 Å². The zero-order valence-corrected chi connectivity index (χ0v) is 10.1. The lowest BCUT2D eigenvalue weighted by atomic mass is 9.82. The molecule has 1 amide bonds. The molecule has 5 heteroatoms. The van der Waals surface area contributed by atoms with E-state index < -0.39 is 11.4 Å². The van der Waals surface area contributed by atoms with Gasteiger partial charge in [-0.25, -0.2) is 0 Å². The normalized spacial score (nSPS) is 17.6. The Labute approximate surface area is 105 Å². The molecule has 1 aromatic heterocycles. The van der Waals surface area contributed by atoms with E-state index in [0.717, 1.165) is 12.8 Å². The molecule has 0 unspecified atom stereocenters. The van der Waals surface area contributed by atoms with Crippen LogP contribution in [0.2, 0.25) is 0 Å². The Bertz CT molecular complexity index is 418. The van der Waals surface area contributed by atoms with Gasteiger partial charge in [0.25, 0.3) is 0 Å². The molecule has 1 aliphatic carbocycles. The molecular formula is C13H17NO4. The second-order valence-corrected chi connectivity index (χ2v) is 4.83. The number of carbonyl (C=O) groups excluding carboxylic acids is 1. The second kappa shape index (κ2) is 5.25. The molecule has 0 aliphatic heterocycles. The minimum absolute atomic E-state index is 0.0586. The van der Waals surface area contributed by atoms with Crippen molar-refractivity contribution in [3.05, 3.63) is 24.2 Å². The van der Waals surface area contributed by atoms with Crippen LogP contribution in [0, 0.1) is 5.41 Å². The Morgan fingerprint density at radius 3 is 2.67 bits per heavy atom. The van der Waals surface area contributed by atoms with Crippen molar-refractivity contribution in [3.8, 4) is 0 Å². The molecule has 0 bridgehead atoms. The fourth-order valence-corrected chi connectivity index (χ4v) is 2.49. The Kier molecular flexibility index (Phi) is 3.69. The molecule has 1 saturated carbocycles. The van der Waals surface area contributed by atoms with Crippen molar-refractivity contribution in [2.24, 2.45) is 5.41 Å². The van der Waals surface area contributed by atoms with Crippen molar-refractivity contribution >= 4 is 11.9 Å². The van der Waals surface area contributed by atoms with E-state index in [0.29, 0.717) is 25.1 Å². The minimum atomic E-state index is -0.854. The lowest BCUT2D eigenvalue weighted by molar-refractivity contribution is -0.151. The number of rotatable bonds is 5. The molecule has 0 saturated heterocycles. The van der Waals surface area contributed by atoms with Crippen molar-refractivity contribution in [2.75, 3.05) is 0 Å². The lowest BCUT2D eigenvalue weighted by Gasteiger charge is -2.22.